The van der Waals surface area contributed by atoms with Crippen LogP contribution in [0.5, 0.6) is 0 Å². The average molecular weight is 543 g/mol. The number of rotatable bonds is 12. The molecule has 1 atom stereocenters. The lowest BCUT2D eigenvalue weighted by atomic mass is 10.1. The quantitative estimate of drug-likeness (QED) is 0.258. The number of benzene rings is 2. The van der Waals surface area contributed by atoms with Crippen molar-refractivity contribution in [2.75, 3.05) is 30.3 Å². The summed E-state index contributed by atoms with van der Waals surface area (Å²) in [4.78, 5) is 47.1. The molecule has 1 aromatic heterocycles. The summed E-state index contributed by atoms with van der Waals surface area (Å²) in [5.41, 5.74) is 1.08. The van der Waals surface area contributed by atoms with Crippen LogP contribution in [0, 0.1) is 5.82 Å². The fraction of sp³-hybridized carbons (Fsp3) is 0.333. The molecule has 4 N–H and O–H groups in total. The van der Waals surface area contributed by atoms with Gasteiger partial charge in [0.05, 0.1) is 16.9 Å². The van der Waals surface area contributed by atoms with Gasteiger partial charge in [-0.2, -0.15) is 0 Å². The molecule has 11 heteroatoms. The topological polar surface area (TPSA) is 119 Å². The molecule has 3 aromatic rings. The number of aromatic nitrogens is 2. The Bertz CT molecular complexity index is 1260. The maximum absolute atomic E-state index is 13.2. The van der Waals surface area contributed by atoms with E-state index in [1.54, 1.807) is 24.3 Å². The van der Waals surface area contributed by atoms with Crippen molar-refractivity contribution in [3.63, 3.8) is 0 Å². The summed E-state index contributed by atoms with van der Waals surface area (Å²) in [5, 5.41) is 8.28. The lowest BCUT2D eigenvalue weighted by molar-refractivity contribution is 0.0920. The molecule has 0 bridgehead atoms. The van der Waals surface area contributed by atoms with Crippen LogP contribution in [0.2, 0.25) is 5.02 Å². The Morgan fingerprint density at radius 3 is 2.24 bits per heavy atom. The Hall–Kier alpha value is -3.76. The van der Waals surface area contributed by atoms with Crippen molar-refractivity contribution in [2.24, 2.45) is 0 Å². The normalized spacial score (nSPS) is 11.7. The first kappa shape index (κ1) is 28.8. The number of imidazole rings is 1. The van der Waals surface area contributed by atoms with Crippen LogP contribution in [-0.2, 0) is 0 Å². The summed E-state index contributed by atoms with van der Waals surface area (Å²) in [7, 11) is 0. The molecule has 0 saturated carbocycles. The van der Waals surface area contributed by atoms with Crippen molar-refractivity contribution < 1.29 is 18.8 Å². The molecule has 0 spiro atoms. The van der Waals surface area contributed by atoms with Gasteiger partial charge in [-0.3, -0.25) is 14.4 Å². The minimum atomic E-state index is -0.537. The Morgan fingerprint density at radius 1 is 1.00 bits per heavy atom. The molecular formula is C27H32ClFN6O3. The van der Waals surface area contributed by atoms with Crippen LogP contribution in [0.25, 0.3) is 0 Å². The van der Waals surface area contributed by atoms with Gasteiger partial charge in [0.25, 0.3) is 17.7 Å². The van der Waals surface area contributed by atoms with Gasteiger partial charge in [-0.15, -0.1) is 0 Å². The molecule has 1 heterocycles. The first-order valence-corrected chi connectivity index (χ1v) is 12.8. The largest absolute Gasteiger partial charge is 0.348 e. The highest BCUT2D eigenvalue weighted by Crippen LogP contribution is 2.20. The number of aromatic amines is 1. The van der Waals surface area contributed by atoms with Gasteiger partial charge < -0.3 is 25.8 Å². The molecule has 202 valence electrons. The van der Waals surface area contributed by atoms with E-state index in [-0.39, 0.29) is 28.0 Å². The van der Waals surface area contributed by atoms with Crippen LogP contribution >= 0.6 is 11.6 Å². The lowest BCUT2D eigenvalue weighted by Crippen LogP contribution is -2.35. The molecule has 3 rings (SSSR count). The zero-order valence-electron chi connectivity index (χ0n) is 21.6. The van der Waals surface area contributed by atoms with Gasteiger partial charge in [-0.1, -0.05) is 25.4 Å². The summed E-state index contributed by atoms with van der Waals surface area (Å²) in [6.45, 7) is 9.12. The minimum absolute atomic E-state index is 0.000179. The molecule has 1 unspecified atom stereocenters. The molecule has 38 heavy (non-hydrogen) atoms. The van der Waals surface area contributed by atoms with Gasteiger partial charge in [0.1, 0.15) is 11.5 Å². The van der Waals surface area contributed by atoms with E-state index in [1.165, 1.54) is 12.4 Å². The number of carbonyl (C=O) groups excluding carboxylic acids is 3. The maximum atomic E-state index is 13.2. The first-order chi connectivity index (χ1) is 18.2. The highest BCUT2D eigenvalue weighted by Gasteiger charge is 2.22. The number of nitrogens with one attached hydrogen (secondary N) is 4. The summed E-state index contributed by atoms with van der Waals surface area (Å²) in [6.07, 6.45) is 3.06. The van der Waals surface area contributed by atoms with Gasteiger partial charge in [-0.05, 0) is 81.9 Å². The van der Waals surface area contributed by atoms with E-state index in [4.69, 9.17) is 11.6 Å². The van der Waals surface area contributed by atoms with Crippen molar-refractivity contribution in [3.05, 3.63) is 76.6 Å². The predicted molar refractivity (Wildman–Crippen MR) is 146 cm³/mol. The summed E-state index contributed by atoms with van der Waals surface area (Å²) in [6, 6.07) is 9.80. The lowest BCUT2D eigenvalue weighted by Gasteiger charge is -2.19. The Kier molecular flexibility index (Phi) is 10.4. The van der Waals surface area contributed by atoms with Gasteiger partial charge in [0.15, 0.2) is 5.69 Å². The number of carbonyl (C=O) groups is 3. The van der Waals surface area contributed by atoms with E-state index in [9.17, 15) is 18.8 Å². The zero-order valence-corrected chi connectivity index (χ0v) is 22.4. The first-order valence-electron chi connectivity index (χ1n) is 12.5. The van der Waals surface area contributed by atoms with Crippen LogP contribution in [-0.4, -0.2) is 58.3 Å². The number of nitrogens with zero attached hydrogens (tertiary/aromatic N) is 2. The fourth-order valence-electron chi connectivity index (χ4n) is 3.87. The molecule has 0 radical (unpaired) electrons. The summed E-state index contributed by atoms with van der Waals surface area (Å²) < 4.78 is 13.2. The van der Waals surface area contributed by atoms with Gasteiger partial charge in [0, 0.05) is 17.4 Å². The second kappa shape index (κ2) is 13.7. The van der Waals surface area contributed by atoms with E-state index >= 15 is 0 Å². The predicted octanol–water partition coefficient (Wildman–Crippen LogP) is 4.95. The number of hydrogen-bond donors (Lipinski definition) is 4. The van der Waals surface area contributed by atoms with E-state index in [0.29, 0.717) is 11.4 Å². The standard InChI is InChI=1S/C27H32ClFN6O3/c1-4-35(5-2)14-6-7-17(3)32-26(37)23-24(31-16-30-23)27(38)34-20-11-9-19(10-12-20)33-25(36)21-13-8-18(29)15-22(21)28/h8-13,15-17H,4-7,14H2,1-3H3,(H,30,31)(H,32,37)(H,33,36)(H,34,38). The highest BCUT2D eigenvalue weighted by atomic mass is 35.5. The molecule has 3 amide bonds. The van der Waals surface area contributed by atoms with E-state index in [2.05, 4.69) is 44.7 Å². The molecule has 0 aliphatic rings. The van der Waals surface area contributed by atoms with E-state index in [0.717, 1.165) is 44.6 Å². The second-order valence-electron chi connectivity index (χ2n) is 8.78. The monoisotopic (exact) mass is 542 g/mol. The highest BCUT2D eigenvalue weighted by molar-refractivity contribution is 6.34. The van der Waals surface area contributed by atoms with Crippen LogP contribution in [0.3, 0.4) is 0 Å². The number of H-pyrrole nitrogens is 1. The SMILES string of the molecule is CCN(CC)CCCC(C)NC(=O)c1nc[nH]c1C(=O)Nc1ccc(NC(=O)c2ccc(F)cc2Cl)cc1. The third kappa shape index (κ3) is 7.87. The van der Waals surface area contributed by atoms with Crippen LogP contribution in [0.1, 0.15) is 64.9 Å². The number of halogens is 2. The fourth-order valence-corrected chi connectivity index (χ4v) is 4.12. The van der Waals surface area contributed by atoms with Gasteiger partial charge in [-0.25, -0.2) is 9.37 Å². The van der Waals surface area contributed by atoms with Crippen LogP contribution in [0.4, 0.5) is 15.8 Å². The number of anilines is 2. The number of amides is 3. The van der Waals surface area contributed by atoms with Crippen molar-refractivity contribution in [2.45, 2.75) is 39.7 Å². The van der Waals surface area contributed by atoms with Gasteiger partial charge >= 0.3 is 0 Å². The van der Waals surface area contributed by atoms with Crippen molar-refractivity contribution >= 4 is 40.7 Å². The molecular weight excluding hydrogens is 511 g/mol. The Balaban J connectivity index is 1.55. The molecule has 0 saturated heterocycles. The van der Waals surface area contributed by atoms with Crippen molar-refractivity contribution in [1.29, 1.82) is 0 Å². The maximum Gasteiger partial charge on any atom is 0.274 e. The third-order valence-corrected chi connectivity index (χ3v) is 6.35. The molecule has 9 nitrogen and oxygen atoms in total. The zero-order chi connectivity index (χ0) is 27.7. The third-order valence-electron chi connectivity index (χ3n) is 6.04. The second-order valence-corrected chi connectivity index (χ2v) is 9.19. The summed E-state index contributed by atoms with van der Waals surface area (Å²) in [5.74, 6) is -1.99. The Morgan fingerprint density at radius 2 is 1.63 bits per heavy atom. The van der Waals surface area contributed by atoms with Crippen molar-refractivity contribution in [1.82, 2.24) is 20.2 Å². The van der Waals surface area contributed by atoms with Gasteiger partial charge in [0.2, 0.25) is 0 Å². The smallest absolute Gasteiger partial charge is 0.274 e. The van der Waals surface area contributed by atoms with E-state index < -0.39 is 23.5 Å². The molecule has 0 aliphatic heterocycles. The van der Waals surface area contributed by atoms with E-state index in [1.807, 2.05) is 6.92 Å². The molecule has 0 aliphatic carbocycles. The molecule has 0 fully saturated rings. The van der Waals surface area contributed by atoms with Crippen molar-refractivity contribution in [3.8, 4) is 0 Å². The minimum Gasteiger partial charge on any atom is -0.348 e. The number of hydrogen-bond acceptors (Lipinski definition) is 5. The molecule has 2 aromatic carbocycles. The average Bonchev–Trinajstić information content (AvgIpc) is 3.38. The van der Waals surface area contributed by atoms with Crippen LogP contribution < -0.4 is 16.0 Å². The summed E-state index contributed by atoms with van der Waals surface area (Å²) >= 11 is 5.94. The van der Waals surface area contributed by atoms with Crippen LogP contribution in [0.15, 0.2) is 48.8 Å². The Labute approximate surface area is 226 Å².